The Morgan fingerprint density at radius 2 is 1.75 bits per heavy atom. The number of alkyl halides is 3. The number of halogens is 3. The molecule has 4 nitrogen and oxygen atoms in total. The molecule has 2 aliphatic rings. The summed E-state index contributed by atoms with van der Waals surface area (Å²) in [5.74, 6) is -0.522. The van der Waals surface area contributed by atoms with Gasteiger partial charge in [-0.1, -0.05) is 24.3 Å². The molecule has 2 heterocycles. The number of fused-ring (bicyclic) bond motifs is 3. The maximum atomic E-state index is 13.8. The molecule has 1 aliphatic carbocycles. The number of benzene rings is 2. The zero-order valence-electron chi connectivity index (χ0n) is 17.2. The number of hydrogen-bond acceptors (Lipinski definition) is 4. The lowest BCUT2D eigenvalue weighted by atomic mass is 9.91. The lowest BCUT2D eigenvalue weighted by molar-refractivity contribution is -0.136. The van der Waals surface area contributed by atoms with E-state index in [4.69, 9.17) is 4.74 Å². The number of morpholine rings is 1. The van der Waals surface area contributed by atoms with Gasteiger partial charge in [-0.05, 0) is 53.8 Å². The van der Waals surface area contributed by atoms with Gasteiger partial charge in [0.05, 0.1) is 29.3 Å². The fraction of sp³-hybridized carbons (Fsp3) is 0.292. The van der Waals surface area contributed by atoms with Crippen LogP contribution in [0.3, 0.4) is 0 Å². The first-order valence-corrected chi connectivity index (χ1v) is 11.3. The number of nitrogens with zero attached hydrogens (tertiary/aromatic N) is 1. The standard InChI is InChI=1S/C24H21F3N2O2S/c25-24(26,27)19-14-17(29-9-11-31-12-10-29)7-8-20(19)28-23(30)21-13-16-6-5-15-3-1-2-4-18(15)22(16)32-21/h1-4,7-8,13-14H,5-6,9-12H2,(H,28,30). The number of anilines is 2. The summed E-state index contributed by atoms with van der Waals surface area (Å²) in [7, 11) is 0. The number of carbonyl (C=O) groups is 1. The first-order valence-electron chi connectivity index (χ1n) is 10.5. The molecule has 0 spiro atoms. The minimum atomic E-state index is -4.58. The van der Waals surface area contributed by atoms with Crippen LogP contribution < -0.4 is 10.2 Å². The van der Waals surface area contributed by atoms with Crippen molar-refractivity contribution in [1.29, 1.82) is 0 Å². The zero-order chi connectivity index (χ0) is 22.3. The number of ether oxygens (including phenoxy) is 1. The Kier molecular flexibility index (Phi) is 5.43. The van der Waals surface area contributed by atoms with E-state index in [1.165, 1.54) is 23.0 Å². The smallest absolute Gasteiger partial charge is 0.378 e. The molecular formula is C24H21F3N2O2S. The van der Waals surface area contributed by atoms with Crippen molar-refractivity contribution < 1.29 is 22.7 Å². The van der Waals surface area contributed by atoms with Gasteiger partial charge in [0.15, 0.2) is 0 Å². The molecule has 166 valence electrons. The molecule has 1 fully saturated rings. The zero-order valence-corrected chi connectivity index (χ0v) is 18.0. The van der Waals surface area contributed by atoms with Gasteiger partial charge in [-0.15, -0.1) is 11.3 Å². The summed E-state index contributed by atoms with van der Waals surface area (Å²) in [4.78, 5) is 16.2. The Hall–Kier alpha value is -2.84. The first-order chi connectivity index (χ1) is 15.4. The maximum Gasteiger partial charge on any atom is 0.418 e. The number of carbonyl (C=O) groups excluding carboxylic acids is 1. The van der Waals surface area contributed by atoms with Crippen LogP contribution in [0.15, 0.2) is 48.5 Å². The number of aryl methyl sites for hydroxylation is 2. The topological polar surface area (TPSA) is 41.6 Å². The van der Waals surface area contributed by atoms with E-state index in [-0.39, 0.29) is 5.69 Å². The normalized spacial score (nSPS) is 15.8. The summed E-state index contributed by atoms with van der Waals surface area (Å²) >= 11 is 1.33. The van der Waals surface area contributed by atoms with Crippen molar-refractivity contribution in [1.82, 2.24) is 0 Å². The molecule has 3 aromatic rings. The average Bonchev–Trinajstić information content (AvgIpc) is 3.24. The van der Waals surface area contributed by atoms with Crippen LogP contribution in [0.1, 0.15) is 26.4 Å². The number of thiophene rings is 1. The summed E-state index contributed by atoms with van der Waals surface area (Å²) < 4.78 is 46.7. The number of amides is 1. The van der Waals surface area contributed by atoms with E-state index in [2.05, 4.69) is 11.4 Å². The van der Waals surface area contributed by atoms with Gasteiger partial charge in [-0.3, -0.25) is 4.79 Å². The van der Waals surface area contributed by atoms with E-state index < -0.39 is 17.6 Å². The predicted octanol–water partition coefficient (Wildman–Crippen LogP) is 5.62. The van der Waals surface area contributed by atoms with E-state index in [1.807, 2.05) is 23.1 Å². The van der Waals surface area contributed by atoms with Gasteiger partial charge in [-0.25, -0.2) is 0 Å². The van der Waals surface area contributed by atoms with Crippen molar-refractivity contribution in [3.63, 3.8) is 0 Å². The monoisotopic (exact) mass is 458 g/mol. The summed E-state index contributed by atoms with van der Waals surface area (Å²) in [5.41, 5.74) is 2.79. The van der Waals surface area contributed by atoms with Crippen molar-refractivity contribution in [2.24, 2.45) is 0 Å². The molecular weight excluding hydrogens is 437 g/mol. The van der Waals surface area contributed by atoms with Crippen LogP contribution in [0.5, 0.6) is 0 Å². The molecule has 1 aromatic heterocycles. The molecule has 1 saturated heterocycles. The fourth-order valence-corrected chi connectivity index (χ4v) is 5.43. The second-order valence-corrected chi connectivity index (χ2v) is 8.96. The van der Waals surface area contributed by atoms with Crippen LogP contribution in [0, 0.1) is 0 Å². The summed E-state index contributed by atoms with van der Waals surface area (Å²) in [6.07, 6.45) is -2.88. The Bertz CT molecular complexity index is 1170. The fourth-order valence-electron chi connectivity index (χ4n) is 4.26. The van der Waals surface area contributed by atoms with Crippen molar-refractivity contribution in [3.05, 3.63) is 70.1 Å². The molecule has 1 N–H and O–H groups in total. The summed E-state index contributed by atoms with van der Waals surface area (Å²) in [6.45, 7) is 2.02. The molecule has 0 saturated carbocycles. The van der Waals surface area contributed by atoms with Crippen LogP contribution in [0.2, 0.25) is 0 Å². The van der Waals surface area contributed by atoms with E-state index in [0.29, 0.717) is 36.9 Å². The third-order valence-electron chi connectivity index (χ3n) is 5.89. The molecule has 0 atom stereocenters. The molecule has 32 heavy (non-hydrogen) atoms. The Morgan fingerprint density at radius 1 is 1.00 bits per heavy atom. The van der Waals surface area contributed by atoms with Gasteiger partial charge in [-0.2, -0.15) is 13.2 Å². The predicted molar refractivity (Wildman–Crippen MR) is 120 cm³/mol. The molecule has 1 amide bonds. The molecule has 2 aromatic carbocycles. The van der Waals surface area contributed by atoms with Crippen LogP contribution in [-0.4, -0.2) is 32.2 Å². The molecule has 8 heteroatoms. The van der Waals surface area contributed by atoms with Crippen LogP contribution in [-0.2, 0) is 23.8 Å². The van der Waals surface area contributed by atoms with E-state index in [9.17, 15) is 18.0 Å². The molecule has 0 unspecified atom stereocenters. The highest BCUT2D eigenvalue weighted by atomic mass is 32.1. The highest BCUT2D eigenvalue weighted by molar-refractivity contribution is 7.17. The van der Waals surface area contributed by atoms with E-state index in [0.717, 1.165) is 34.9 Å². The first kappa shape index (κ1) is 21.0. The highest BCUT2D eigenvalue weighted by Crippen LogP contribution is 2.41. The van der Waals surface area contributed by atoms with Gasteiger partial charge in [0.2, 0.25) is 0 Å². The third-order valence-corrected chi connectivity index (χ3v) is 7.10. The number of rotatable bonds is 3. The molecule has 0 bridgehead atoms. The summed E-state index contributed by atoms with van der Waals surface area (Å²) in [6, 6.07) is 13.9. The maximum absolute atomic E-state index is 13.8. The van der Waals surface area contributed by atoms with Gasteiger partial charge in [0, 0.05) is 23.7 Å². The van der Waals surface area contributed by atoms with Gasteiger partial charge >= 0.3 is 6.18 Å². The minimum Gasteiger partial charge on any atom is -0.378 e. The molecule has 1 aliphatic heterocycles. The number of hydrogen-bond donors (Lipinski definition) is 1. The van der Waals surface area contributed by atoms with Crippen LogP contribution in [0.25, 0.3) is 10.4 Å². The third kappa shape index (κ3) is 4.00. The Balaban J connectivity index is 1.43. The second-order valence-electron chi connectivity index (χ2n) is 7.90. The quantitative estimate of drug-likeness (QED) is 0.554. The van der Waals surface area contributed by atoms with Crippen molar-refractivity contribution in [3.8, 4) is 10.4 Å². The Labute approximate surface area is 187 Å². The minimum absolute atomic E-state index is 0.230. The van der Waals surface area contributed by atoms with E-state index >= 15 is 0 Å². The lowest BCUT2D eigenvalue weighted by Gasteiger charge is -2.29. The highest BCUT2D eigenvalue weighted by Gasteiger charge is 2.35. The Morgan fingerprint density at radius 3 is 2.53 bits per heavy atom. The van der Waals surface area contributed by atoms with E-state index in [1.54, 1.807) is 12.1 Å². The second kappa shape index (κ2) is 8.26. The molecule has 0 radical (unpaired) electrons. The van der Waals surface area contributed by atoms with Gasteiger partial charge < -0.3 is 15.0 Å². The largest absolute Gasteiger partial charge is 0.418 e. The lowest BCUT2D eigenvalue weighted by Crippen LogP contribution is -2.36. The van der Waals surface area contributed by atoms with Crippen molar-refractivity contribution in [2.45, 2.75) is 19.0 Å². The average molecular weight is 459 g/mol. The van der Waals surface area contributed by atoms with Crippen LogP contribution in [0.4, 0.5) is 24.5 Å². The summed E-state index contributed by atoms with van der Waals surface area (Å²) in [5, 5.41) is 2.50. The van der Waals surface area contributed by atoms with Gasteiger partial charge in [0.25, 0.3) is 5.91 Å². The van der Waals surface area contributed by atoms with Crippen molar-refractivity contribution in [2.75, 3.05) is 36.5 Å². The molecule has 5 rings (SSSR count). The van der Waals surface area contributed by atoms with Crippen LogP contribution >= 0.6 is 11.3 Å². The van der Waals surface area contributed by atoms with Gasteiger partial charge in [0.1, 0.15) is 0 Å². The number of nitrogens with one attached hydrogen (secondary N) is 1. The SMILES string of the molecule is O=C(Nc1ccc(N2CCOCC2)cc1C(F)(F)F)c1cc2c(s1)-c1ccccc1CC2. The van der Waals surface area contributed by atoms with Crippen molar-refractivity contribution >= 4 is 28.6 Å².